The Labute approximate surface area is 290 Å². The third-order valence-corrected chi connectivity index (χ3v) is 7.35. The predicted molar refractivity (Wildman–Crippen MR) is 196 cm³/mol. The van der Waals surface area contributed by atoms with Crippen LogP contribution >= 0.6 is 24.8 Å². The van der Waals surface area contributed by atoms with E-state index in [1.54, 1.807) is 0 Å². The molecule has 0 unspecified atom stereocenters. The summed E-state index contributed by atoms with van der Waals surface area (Å²) in [6.45, 7) is 16.2. The van der Waals surface area contributed by atoms with Crippen molar-refractivity contribution in [1.29, 1.82) is 0 Å². The summed E-state index contributed by atoms with van der Waals surface area (Å²) in [4.78, 5) is 0. The Morgan fingerprint density at radius 1 is 0.605 bits per heavy atom. The maximum absolute atomic E-state index is 3.06. The van der Waals surface area contributed by atoms with Gasteiger partial charge in [-0.2, -0.15) is 12.1 Å². The summed E-state index contributed by atoms with van der Waals surface area (Å²) in [7, 11) is 0. The van der Waals surface area contributed by atoms with E-state index < -0.39 is 0 Å². The molecule has 43 heavy (non-hydrogen) atoms. The molecule has 6 rings (SSSR count). The quantitative estimate of drug-likeness (QED) is 0.127. The van der Waals surface area contributed by atoms with Crippen molar-refractivity contribution in [3.05, 3.63) is 146 Å². The molecule has 0 fully saturated rings. The van der Waals surface area contributed by atoms with Crippen molar-refractivity contribution >= 4 is 53.2 Å². The molecule has 6 aromatic carbocycles. The Morgan fingerprint density at radius 2 is 1.14 bits per heavy atom. The van der Waals surface area contributed by atoms with E-state index in [1.165, 1.54) is 95.0 Å². The fourth-order valence-corrected chi connectivity index (χ4v) is 5.31. The van der Waals surface area contributed by atoms with Gasteiger partial charge in [0.15, 0.2) is 0 Å². The monoisotopic (exact) mass is 700 g/mol. The number of hydrogen-bond acceptors (Lipinski definition) is 0. The van der Waals surface area contributed by atoms with E-state index in [9.17, 15) is 0 Å². The van der Waals surface area contributed by atoms with Gasteiger partial charge in [-0.1, -0.05) is 111 Å². The Balaban J connectivity index is 0.000000714. The third-order valence-electron chi connectivity index (χ3n) is 7.35. The first-order valence-corrected chi connectivity index (χ1v) is 17.7. The Kier molecular flexibility index (Phi) is 17.6. The summed E-state index contributed by atoms with van der Waals surface area (Å²) in [5.74, 6) is 0.581. The molecule has 0 bridgehead atoms. The normalized spacial score (nSPS) is 9.72. The van der Waals surface area contributed by atoms with Gasteiger partial charge in [0, 0.05) is 0 Å². The van der Waals surface area contributed by atoms with Gasteiger partial charge in [0.2, 0.25) is 0 Å². The van der Waals surface area contributed by atoms with Crippen LogP contribution in [0.15, 0.2) is 103 Å². The van der Waals surface area contributed by atoms with Gasteiger partial charge in [-0.3, -0.25) is 0 Å². The second-order valence-corrected chi connectivity index (χ2v) is 10.8. The Bertz CT molecular complexity index is 1720. The fraction of sp³-hybridized carbons (Fsp3) is 0.179. The van der Waals surface area contributed by atoms with Crippen LogP contribution in [0.25, 0.3) is 43.8 Å². The summed E-state index contributed by atoms with van der Waals surface area (Å²) in [5, 5.41) is 5.48. The minimum atomic E-state index is 0. The fourth-order valence-electron chi connectivity index (χ4n) is 5.31. The van der Waals surface area contributed by atoms with Gasteiger partial charge in [0.25, 0.3) is 0 Å². The molecule has 0 heterocycles. The predicted octanol–water partition coefficient (Wildman–Crippen LogP) is 12.2. The van der Waals surface area contributed by atoms with Gasteiger partial charge < -0.3 is 14.9 Å². The zero-order chi connectivity index (χ0) is 28.1. The molecule has 0 aliphatic rings. The zero-order valence-corrected chi connectivity index (χ0v) is 31.8. The molecular formula is C39H44Cl2SiZr-4. The summed E-state index contributed by atoms with van der Waals surface area (Å²) < 4.78 is 0. The van der Waals surface area contributed by atoms with Crippen molar-refractivity contribution in [1.82, 2.24) is 0 Å². The van der Waals surface area contributed by atoms with Crippen molar-refractivity contribution in [3.8, 4) is 22.3 Å². The van der Waals surface area contributed by atoms with E-state index in [1.807, 2.05) is 0 Å². The Hall–Kier alpha value is -2.22. The third kappa shape index (κ3) is 9.63. The maximum atomic E-state index is 3.06. The topological polar surface area (TPSA) is 0 Å². The average Bonchev–Trinajstić information content (AvgIpc) is 3.55. The second-order valence-electron chi connectivity index (χ2n) is 10.8. The molecule has 0 saturated carbocycles. The van der Waals surface area contributed by atoms with E-state index in [-0.39, 0.29) is 39.7 Å². The molecule has 0 aliphatic carbocycles. The van der Waals surface area contributed by atoms with E-state index in [2.05, 4.69) is 152 Å². The number of benzene rings is 4. The molecule has 0 aliphatic heterocycles. The van der Waals surface area contributed by atoms with Gasteiger partial charge in [-0.05, 0) is 30.9 Å². The average molecular weight is 703 g/mol. The van der Waals surface area contributed by atoms with Crippen LogP contribution in [0, 0.1) is 42.5 Å². The first kappa shape index (κ1) is 40.8. The van der Waals surface area contributed by atoms with Crippen molar-refractivity contribution in [2.75, 3.05) is 0 Å². The van der Waals surface area contributed by atoms with Crippen LogP contribution in [-0.4, -0.2) is 6.88 Å². The van der Waals surface area contributed by atoms with Gasteiger partial charge in [-0.25, -0.2) is 0 Å². The van der Waals surface area contributed by atoms with Crippen LogP contribution in [0.1, 0.15) is 47.6 Å². The first-order valence-electron chi connectivity index (χ1n) is 13.6. The number of aryl methyl sites for hydroxylation is 4. The van der Waals surface area contributed by atoms with Crippen molar-refractivity contribution in [2.24, 2.45) is 0 Å². The van der Waals surface area contributed by atoms with Gasteiger partial charge in [-0.15, -0.1) is 93.4 Å². The molecule has 2 radical (unpaired) electrons. The number of fused-ring (bicyclic) bond motifs is 2. The molecule has 6 aromatic rings. The molecule has 0 spiro atoms. The van der Waals surface area contributed by atoms with Crippen molar-refractivity contribution in [2.45, 2.75) is 47.5 Å². The van der Waals surface area contributed by atoms with Crippen LogP contribution in [0.4, 0.5) is 0 Å². The second kappa shape index (κ2) is 18.6. The molecule has 4 heteroatoms. The van der Waals surface area contributed by atoms with Crippen molar-refractivity contribution in [3.63, 3.8) is 0 Å². The molecule has 0 atom stereocenters. The molecular weight excluding hydrogens is 659 g/mol. The van der Waals surface area contributed by atoms with E-state index in [0.717, 1.165) is 0 Å². The molecule has 0 aromatic heterocycles. The molecule has 0 amide bonds. The number of rotatable bonds is 3. The van der Waals surface area contributed by atoms with E-state index in [0.29, 0.717) is 5.92 Å². The van der Waals surface area contributed by atoms with Crippen LogP contribution < -0.4 is 0 Å². The summed E-state index contributed by atoms with van der Waals surface area (Å²) >= 11 is 1.36. The number of halogens is 2. The zero-order valence-electron chi connectivity index (χ0n) is 26.7. The summed E-state index contributed by atoms with van der Waals surface area (Å²) in [5.41, 5.74) is 12.0. The molecule has 0 saturated heterocycles. The first-order chi connectivity index (χ1) is 18.8. The SMILES string of the molecule is Cc1cccc(-c2ccc(C)c3[cH-]c(C)cc23)c1.Cc1cccc(-c2cccc3[cH-]c(C(C)C)cc23)c1.Cl.Cl.[CH3-].[CH3-].[Si]=[Zr]. The minimum absolute atomic E-state index is 0. The molecule has 0 N–H and O–H groups in total. The Morgan fingerprint density at radius 3 is 1.67 bits per heavy atom. The van der Waals surface area contributed by atoms with Crippen LogP contribution in [0.2, 0.25) is 0 Å². The van der Waals surface area contributed by atoms with Gasteiger partial charge in [0.1, 0.15) is 0 Å². The van der Waals surface area contributed by atoms with Crippen molar-refractivity contribution < 1.29 is 23.3 Å². The summed E-state index contributed by atoms with van der Waals surface area (Å²) in [6.07, 6.45) is 0. The van der Waals surface area contributed by atoms with E-state index in [4.69, 9.17) is 0 Å². The van der Waals surface area contributed by atoms with Crippen LogP contribution in [0.3, 0.4) is 0 Å². The van der Waals surface area contributed by atoms with E-state index >= 15 is 0 Å². The van der Waals surface area contributed by atoms with Crippen LogP contribution in [0.5, 0.6) is 0 Å². The van der Waals surface area contributed by atoms with Crippen LogP contribution in [-0.2, 0) is 23.3 Å². The molecule has 0 nitrogen and oxygen atoms in total. The van der Waals surface area contributed by atoms with Gasteiger partial charge in [0.05, 0.1) is 0 Å². The summed E-state index contributed by atoms with van der Waals surface area (Å²) in [6, 6.07) is 37.8. The van der Waals surface area contributed by atoms with Gasteiger partial charge >= 0.3 is 30.2 Å². The molecule has 226 valence electrons. The number of hydrogen-bond donors (Lipinski definition) is 0. The standard InChI is InChI=1S/C19H19.C18H17.2CH3.2ClH.Si.Zr/c1-13(2)17-11-16-8-5-9-18(19(16)12-17)15-7-4-6-14(3)10-15;1-12-5-4-6-15(9-12)16-8-7-14(3)17-10-13(2)11-18(16)17;;;;;;/h4-13H,1-3H3;4-11H,1-3H3;2*1H3;2*1H;;/q4*-1;;;;.